The zero-order valence-electron chi connectivity index (χ0n) is 16.1. The molecule has 6 nitrogen and oxygen atoms in total. The van der Waals surface area contributed by atoms with Crippen LogP contribution < -0.4 is 4.74 Å². The van der Waals surface area contributed by atoms with Gasteiger partial charge in [-0.1, -0.05) is 24.3 Å². The predicted molar refractivity (Wildman–Crippen MR) is 105 cm³/mol. The van der Waals surface area contributed by atoms with E-state index in [9.17, 15) is 9.59 Å². The van der Waals surface area contributed by atoms with Crippen LogP contribution in [-0.2, 0) is 9.47 Å². The van der Waals surface area contributed by atoms with Crippen molar-refractivity contribution in [1.82, 2.24) is 4.90 Å². The lowest BCUT2D eigenvalue weighted by Crippen LogP contribution is -2.43. The molecule has 0 aliphatic carbocycles. The van der Waals surface area contributed by atoms with Gasteiger partial charge in [-0.2, -0.15) is 0 Å². The van der Waals surface area contributed by atoms with Gasteiger partial charge in [0.1, 0.15) is 5.75 Å². The van der Waals surface area contributed by atoms with Crippen molar-refractivity contribution in [2.45, 2.75) is 37.5 Å². The van der Waals surface area contributed by atoms with Crippen LogP contribution in [0.1, 0.15) is 51.5 Å². The van der Waals surface area contributed by atoms with Gasteiger partial charge in [-0.15, -0.1) is 0 Å². The van der Waals surface area contributed by atoms with Gasteiger partial charge in [0.05, 0.1) is 37.0 Å². The molecule has 3 heterocycles. The quantitative estimate of drug-likeness (QED) is 0.745. The largest absolute Gasteiger partial charge is 0.465 e. The Kier molecular flexibility index (Phi) is 4.81. The molecule has 0 aromatic heterocycles. The maximum absolute atomic E-state index is 12.9. The van der Waals surface area contributed by atoms with Crippen molar-refractivity contribution in [1.29, 1.82) is 0 Å². The molecule has 150 valence electrons. The fourth-order valence-corrected chi connectivity index (χ4v) is 4.37. The summed E-state index contributed by atoms with van der Waals surface area (Å²) in [6.07, 6.45) is 2.92. The number of hydrogen-bond acceptors (Lipinski definition) is 5. The van der Waals surface area contributed by atoms with Gasteiger partial charge in [0.2, 0.25) is 0 Å². The number of carbonyl (C=O) groups excluding carboxylic acids is 2. The molecule has 2 fully saturated rings. The number of hydrogen-bond donors (Lipinski definition) is 0. The summed E-state index contributed by atoms with van der Waals surface area (Å²) in [6, 6.07) is 14.5. The smallest absolute Gasteiger partial charge is 0.261 e. The molecule has 5 rings (SSSR count). The number of ether oxygens (including phenoxy) is 3. The highest BCUT2D eigenvalue weighted by Gasteiger charge is 2.45. The lowest BCUT2D eigenvalue weighted by molar-refractivity contribution is -0.105. The van der Waals surface area contributed by atoms with E-state index >= 15 is 0 Å². The zero-order chi connectivity index (χ0) is 19.8. The highest BCUT2D eigenvalue weighted by atomic mass is 16.7. The predicted octanol–water partition coefficient (Wildman–Crippen LogP) is 3.37. The normalized spacial score (nSPS) is 26.6. The molecular weight excluding hydrogens is 370 g/mol. The van der Waals surface area contributed by atoms with E-state index in [0.717, 1.165) is 37.2 Å². The number of rotatable bonds is 4. The number of benzene rings is 2. The highest BCUT2D eigenvalue weighted by molar-refractivity contribution is 6.21. The van der Waals surface area contributed by atoms with Crippen LogP contribution in [0.15, 0.2) is 48.5 Å². The van der Waals surface area contributed by atoms with Gasteiger partial charge >= 0.3 is 0 Å². The molecule has 29 heavy (non-hydrogen) atoms. The van der Waals surface area contributed by atoms with Gasteiger partial charge < -0.3 is 14.2 Å². The molecule has 0 N–H and O–H groups in total. The summed E-state index contributed by atoms with van der Waals surface area (Å²) in [5.74, 6) is 0.232. The van der Waals surface area contributed by atoms with Gasteiger partial charge in [-0.05, 0) is 42.7 Å². The van der Waals surface area contributed by atoms with Gasteiger partial charge in [0, 0.05) is 12.3 Å². The first-order chi connectivity index (χ1) is 14.2. The summed E-state index contributed by atoms with van der Waals surface area (Å²) in [7, 11) is 0. The Morgan fingerprint density at radius 3 is 2.28 bits per heavy atom. The van der Waals surface area contributed by atoms with Crippen molar-refractivity contribution in [3.8, 4) is 5.75 Å². The molecule has 3 aliphatic heterocycles. The fourth-order valence-electron chi connectivity index (χ4n) is 4.37. The van der Waals surface area contributed by atoms with Gasteiger partial charge in [-0.25, -0.2) is 0 Å². The van der Waals surface area contributed by atoms with Gasteiger partial charge in [0.15, 0.2) is 6.29 Å². The summed E-state index contributed by atoms with van der Waals surface area (Å²) in [6.45, 7) is 1.57. The lowest BCUT2D eigenvalue weighted by atomic mass is 9.93. The minimum atomic E-state index is -0.309. The molecule has 3 unspecified atom stereocenters. The van der Waals surface area contributed by atoms with E-state index in [1.807, 2.05) is 24.3 Å². The summed E-state index contributed by atoms with van der Waals surface area (Å²) >= 11 is 0. The minimum absolute atomic E-state index is 0.0582. The first-order valence-corrected chi connectivity index (χ1v) is 10.2. The molecule has 0 bridgehead atoms. The fraction of sp³-hybridized carbons (Fsp3) is 0.391. The van der Waals surface area contributed by atoms with E-state index in [2.05, 4.69) is 0 Å². The van der Waals surface area contributed by atoms with E-state index in [1.165, 1.54) is 4.90 Å². The van der Waals surface area contributed by atoms with Crippen LogP contribution in [0.2, 0.25) is 0 Å². The molecule has 2 aromatic carbocycles. The van der Waals surface area contributed by atoms with Crippen LogP contribution in [0.5, 0.6) is 5.75 Å². The Balaban J connectivity index is 1.33. The average molecular weight is 393 g/mol. The summed E-state index contributed by atoms with van der Waals surface area (Å²) < 4.78 is 17.2. The van der Waals surface area contributed by atoms with Crippen LogP contribution >= 0.6 is 0 Å². The van der Waals surface area contributed by atoms with Crippen LogP contribution in [0.3, 0.4) is 0 Å². The van der Waals surface area contributed by atoms with Crippen molar-refractivity contribution in [3.05, 3.63) is 65.2 Å². The van der Waals surface area contributed by atoms with Crippen molar-refractivity contribution in [2.75, 3.05) is 19.8 Å². The second-order valence-electron chi connectivity index (χ2n) is 7.72. The molecule has 3 aliphatic rings. The van der Waals surface area contributed by atoms with Crippen molar-refractivity contribution in [3.63, 3.8) is 0 Å². The Bertz CT molecular complexity index is 884. The molecule has 2 aromatic rings. The monoisotopic (exact) mass is 393 g/mol. The number of carbonyl (C=O) groups is 2. The van der Waals surface area contributed by atoms with Crippen LogP contribution in [0.4, 0.5) is 0 Å². The number of nitrogens with zero attached hydrogens (tertiary/aromatic N) is 1. The highest BCUT2D eigenvalue weighted by Crippen LogP contribution is 2.35. The molecule has 2 amide bonds. The Labute approximate surface area is 169 Å². The van der Waals surface area contributed by atoms with Gasteiger partial charge in [-0.3, -0.25) is 14.5 Å². The Hall–Kier alpha value is -2.70. The number of amides is 2. The third-order valence-electron chi connectivity index (χ3n) is 5.92. The topological polar surface area (TPSA) is 65.1 Å². The summed E-state index contributed by atoms with van der Waals surface area (Å²) in [5.41, 5.74) is 1.97. The van der Waals surface area contributed by atoms with Crippen LogP contribution in [0.25, 0.3) is 0 Å². The average Bonchev–Trinajstić information content (AvgIpc) is 3.33. The molecular formula is C23H23NO5. The van der Waals surface area contributed by atoms with Crippen molar-refractivity contribution in [2.24, 2.45) is 0 Å². The molecule has 0 saturated carbocycles. The summed E-state index contributed by atoms with van der Waals surface area (Å²) in [5, 5.41) is 0. The zero-order valence-corrected chi connectivity index (χ0v) is 16.1. The van der Waals surface area contributed by atoms with Crippen molar-refractivity contribution < 1.29 is 23.8 Å². The van der Waals surface area contributed by atoms with Crippen molar-refractivity contribution >= 4 is 11.8 Å². The van der Waals surface area contributed by atoms with E-state index in [4.69, 9.17) is 14.2 Å². The lowest BCUT2D eigenvalue weighted by Gasteiger charge is -2.27. The molecule has 6 heteroatoms. The number of fused-ring (bicyclic) bond motifs is 1. The van der Waals surface area contributed by atoms with E-state index in [1.54, 1.807) is 24.3 Å². The first-order valence-electron chi connectivity index (χ1n) is 10.2. The Morgan fingerprint density at radius 2 is 1.62 bits per heavy atom. The second-order valence-corrected chi connectivity index (χ2v) is 7.72. The standard InChI is InChI=1S/C23H23NO5/c25-22-17-5-1-2-6-18(17)23(26)24(22)20-14-27-13-19(20)15-8-10-16(11-9-15)29-21-7-3-4-12-28-21/h1-2,5-6,8-11,19-21H,3-4,7,12-14H2. The molecule has 0 spiro atoms. The molecule has 2 saturated heterocycles. The minimum Gasteiger partial charge on any atom is -0.465 e. The first kappa shape index (κ1) is 18.3. The molecule has 3 atom stereocenters. The van der Waals surface area contributed by atoms with Gasteiger partial charge in [0.25, 0.3) is 11.8 Å². The SMILES string of the molecule is O=C1c2ccccc2C(=O)N1C1COCC1c1ccc(OC2CCCCO2)cc1. The Morgan fingerprint density at radius 1 is 0.897 bits per heavy atom. The van der Waals surface area contributed by atoms with E-state index < -0.39 is 0 Å². The maximum Gasteiger partial charge on any atom is 0.261 e. The second kappa shape index (κ2) is 7.61. The van der Waals surface area contributed by atoms with Crippen LogP contribution in [0, 0.1) is 0 Å². The maximum atomic E-state index is 12.9. The van der Waals surface area contributed by atoms with E-state index in [0.29, 0.717) is 24.3 Å². The number of imide groups is 1. The third kappa shape index (κ3) is 3.32. The molecule has 0 radical (unpaired) electrons. The van der Waals surface area contributed by atoms with E-state index in [-0.39, 0.29) is 30.1 Å². The van der Waals surface area contributed by atoms with Crippen LogP contribution in [-0.4, -0.2) is 48.9 Å². The summed E-state index contributed by atoms with van der Waals surface area (Å²) in [4.78, 5) is 27.1. The third-order valence-corrected chi connectivity index (χ3v) is 5.92.